The molecule has 5 heteroatoms. The molecule has 1 aromatic rings. The van der Waals surface area contributed by atoms with Crippen molar-refractivity contribution in [3.05, 3.63) is 22.3 Å². The van der Waals surface area contributed by atoms with E-state index in [4.69, 9.17) is 0 Å². The van der Waals surface area contributed by atoms with E-state index in [0.717, 1.165) is 35.7 Å². The van der Waals surface area contributed by atoms with Crippen LogP contribution < -0.4 is 4.90 Å². The van der Waals surface area contributed by atoms with Gasteiger partial charge in [-0.3, -0.25) is 9.59 Å². The molecule has 21 heavy (non-hydrogen) atoms. The summed E-state index contributed by atoms with van der Waals surface area (Å²) in [6, 6.07) is 1.88. The summed E-state index contributed by atoms with van der Waals surface area (Å²) in [7, 11) is 0. The van der Waals surface area contributed by atoms with E-state index in [1.807, 2.05) is 13.0 Å². The molecule has 0 radical (unpaired) electrons. The Morgan fingerprint density at radius 1 is 1.14 bits per heavy atom. The summed E-state index contributed by atoms with van der Waals surface area (Å²) in [5.74, 6) is 0.302. The summed E-state index contributed by atoms with van der Waals surface area (Å²) in [4.78, 5) is 30.7. The third kappa shape index (κ3) is 2.76. The lowest BCUT2D eigenvalue weighted by Crippen LogP contribution is -2.49. The van der Waals surface area contributed by atoms with Gasteiger partial charge in [0.1, 0.15) is 5.82 Å². The van der Waals surface area contributed by atoms with Crippen LogP contribution in [0.2, 0.25) is 0 Å². The topological polar surface area (TPSA) is 50.3 Å². The van der Waals surface area contributed by atoms with E-state index in [1.54, 1.807) is 6.20 Å². The highest BCUT2D eigenvalue weighted by atomic mass is 79.9. The van der Waals surface area contributed by atoms with Crippen molar-refractivity contribution < 1.29 is 9.59 Å². The Morgan fingerprint density at radius 2 is 1.76 bits per heavy atom. The monoisotopic (exact) mass is 350 g/mol. The summed E-state index contributed by atoms with van der Waals surface area (Å²) in [5.41, 5.74) is 0.761. The van der Waals surface area contributed by atoms with E-state index in [1.165, 1.54) is 11.3 Å². The molecule has 1 aliphatic heterocycles. The SMILES string of the molecule is Cc1cc(Br)cnc1N1C(=O)CC2(CCCCC2)CC1=O. The maximum absolute atomic E-state index is 12.6. The van der Waals surface area contributed by atoms with Crippen LogP contribution in [-0.2, 0) is 9.59 Å². The molecular weight excluding hydrogens is 332 g/mol. The average Bonchev–Trinajstić information content (AvgIpc) is 2.41. The maximum atomic E-state index is 12.6. The van der Waals surface area contributed by atoms with Crippen LogP contribution in [0.3, 0.4) is 0 Å². The Bertz CT molecular complexity index is 574. The Hall–Kier alpha value is -1.23. The minimum atomic E-state index is -0.0916. The maximum Gasteiger partial charge on any atom is 0.235 e. The fraction of sp³-hybridized carbons (Fsp3) is 0.562. The third-order valence-corrected chi connectivity index (χ3v) is 5.13. The molecule has 2 heterocycles. The molecule has 1 aliphatic carbocycles. The molecule has 1 saturated heterocycles. The fourth-order valence-electron chi connectivity index (χ4n) is 3.66. The number of aromatic nitrogens is 1. The van der Waals surface area contributed by atoms with Crippen LogP contribution in [0.1, 0.15) is 50.5 Å². The predicted octanol–water partition coefficient (Wildman–Crippen LogP) is 3.76. The smallest absolute Gasteiger partial charge is 0.235 e. The molecule has 1 saturated carbocycles. The van der Waals surface area contributed by atoms with Gasteiger partial charge >= 0.3 is 0 Å². The molecule has 0 unspecified atom stereocenters. The molecule has 3 rings (SSSR count). The number of halogens is 1. The number of hydrogen-bond acceptors (Lipinski definition) is 3. The first-order chi connectivity index (χ1) is 10.0. The number of piperidine rings is 1. The van der Waals surface area contributed by atoms with E-state index in [-0.39, 0.29) is 17.2 Å². The van der Waals surface area contributed by atoms with Crippen molar-refractivity contribution in [3.63, 3.8) is 0 Å². The van der Waals surface area contributed by atoms with Crippen LogP contribution in [-0.4, -0.2) is 16.8 Å². The van der Waals surface area contributed by atoms with Crippen molar-refractivity contribution in [1.29, 1.82) is 0 Å². The van der Waals surface area contributed by atoms with Gasteiger partial charge in [0.15, 0.2) is 0 Å². The molecule has 1 aromatic heterocycles. The Kier molecular flexibility index (Phi) is 3.86. The van der Waals surface area contributed by atoms with Crippen LogP contribution in [0.5, 0.6) is 0 Å². The highest BCUT2D eigenvalue weighted by Crippen LogP contribution is 2.46. The number of hydrogen-bond donors (Lipinski definition) is 0. The summed E-state index contributed by atoms with van der Waals surface area (Å²) in [6.45, 7) is 1.87. The zero-order valence-electron chi connectivity index (χ0n) is 12.2. The molecule has 0 atom stereocenters. The van der Waals surface area contributed by atoms with Crippen LogP contribution in [0.15, 0.2) is 16.7 Å². The Morgan fingerprint density at radius 3 is 2.33 bits per heavy atom. The van der Waals surface area contributed by atoms with Gasteiger partial charge in [0, 0.05) is 23.5 Å². The minimum Gasteiger partial charge on any atom is -0.274 e. The normalized spacial score (nSPS) is 21.9. The highest BCUT2D eigenvalue weighted by Gasteiger charge is 2.45. The molecule has 1 spiro atoms. The fourth-order valence-corrected chi connectivity index (χ4v) is 4.11. The molecule has 2 fully saturated rings. The van der Waals surface area contributed by atoms with E-state index in [2.05, 4.69) is 20.9 Å². The second-order valence-corrected chi connectivity index (χ2v) is 7.25. The average molecular weight is 351 g/mol. The van der Waals surface area contributed by atoms with E-state index in [0.29, 0.717) is 18.7 Å². The first-order valence-corrected chi connectivity index (χ1v) is 8.28. The van der Waals surface area contributed by atoms with Gasteiger partial charge < -0.3 is 0 Å². The number of aryl methyl sites for hydroxylation is 1. The lowest BCUT2D eigenvalue weighted by molar-refractivity contribution is -0.134. The van der Waals surface area contributed by atoms with Crippen molar-refractivity contribution in [3.8, 4) is 0 Å². The zero-order valence-corrected chi connectivity index (χ0v) is 13.8. The first-order valence-electron chi connectivity index (χ1n) is 7.49. The summed E-state index contributed by atoms with van der Waals surface area (Å²) < 4.78 is 0.851. The predicted molar refractivity (Wildman–Crippen MR) is 83.9 cm³/mol. The Balaban J connectivity index is 1.88. The molecule has 2 amide bonds. The van der Waals surface area contributed by atoms with Crippen molar-refractivity contribution in [2.45, 2.75) is 51.9 Å². The number of anilines is 1. The molecule has 112 valence electrons. The van der Waals surface area contributed by atoms with Gasteiger partial charge in [-0.15, -0.1) is 0 Å². The number of rotatable bonds is 1. The summed E-state index contributed by atoms with van der Waals surface area (Å²) in [6.07, 6.45) is 8.10. The Labute approximate surface area is 133 Å². The van der Waals surface area contributed by atoms with Gasteiger partial charge in [-0.25, -0.2) is 9.88 Å². The van der Waals surface area contributed by atoms with Gasteiger partial charge in [-0.1, -0.05) is 19.3 Å². The van der Waals surface area contributed by atoms with E-state index in [9.17, 15) is 9.59 Å². The molecule has 2 aliphatic rings. The highest BCUT2D eigenvalue weighted by molar-refractivity contribution is 9.10. The number of carbonyl (C=O) groups excluding carboxylic acids is 2. The van der Waals surface area contributed by atoms with Gasteiger partial charge in [-0.2, -0.15) is 0 Å². The molecule has 0 aromatic carbocycles. The second-order valence-electron chi connectivity index (χ2n) is 6.33. The minimum absolute atomic E-state index is 0.0772. The van der Waals surface area contributed by atoms with Crippen LogP contribution in [0, 0.1) is 12.3 Å². The van der Waals surface area contributed by atoms with Crippen LogP contribution >= 0.6 is 15.9 Å². The number of pyridine rings is 1. The van der Waals surface area contributed by atoms with Crippen molar-refractivity contribution >= 4 is 33.6 Å². The molecular formula is C16H19BrN2O2. The van der Waals surface area contributed by atoms with Gasteiger partial charge in [0.05, 0.1) is 0 Å². The van der Waals surface area contributed by atoms with Crippen molar-refractivity contribution in [2.24, 2.45) is 5.41 Å². The quantitative estimate of drug-likeness (QED) is 0.724. The number of imide groups is 1. The lowest BCUT2D eigenvalue weighted by Gasteiger charge is -2.42. The van der Waals surface area contributed by atoms with E-state index < -0.39 is 0 Å². The van der Waals surface area contributed by atoms with Gasteiger partial charge in [-0.05, 0) is 52.7 Å². The van der Waals surface area contributed by atoms with Gasteiger partial charge in [0.25, 0.3) is 0 Å². The standard InChI is InChI=1S/C16H19BrN2O2/c1-11-7-12(17)10-18-15(11)19-13(20)8-16(9-14(19)21)5-3-2-4-6-16/h7,10H,2-6,8-9H2,1H3. The number of amides is 2. The summed E-state index contributed by atoms with van der Waals surface area (Å²) in [5, 5.41) is 0. The zero-order chi connectivity index (χ0) is 15.0. The van der Waals surface area contributed by atoms with Crippen molar-refractivity contribution in [2.75, 3.05) is 4.90 Å². The number of carbonyl (C=O) groups is 2. The molecule has 4 nitrogen and oxygen atoms in total. The first kappa shape index (κ1) is 14.7. The molecule has 0 bridgehead atoms. The van der Waals surface area contributed by atoms with Crippen LogP contribution in [0.4, 0.5) is 5.82 Å². The lowest BCUT2D eigenvalue weighted by atomic mass is 9.67. The number of nitrogens with zero attached hydrogens (tertiary/aromatic N) is 2. The van der Waals surface area contributed by atoms with Gasteiger partial charge in [0.2, 0.25) is 11.8 Å². The largest absolute Gasteiger partial charge is 0.274 e. The molecule has 0 N–H and O–H groups in total. The summed E-state index contributed by atoms with van der Waals surface area (Å²) >= 11 is 3.36. The van der Waals surface area contributed by atoms with Crippen LogP contribution in [0.25, 0.3) is 0 Å². The third-order valence-electron chi connectivity index (χ3n) is 4.69. The van der Waals surface area contributed by atoms with Crippen molar-refractivity contribution in [1.82, 2.24) is 4.98 Å². The second kappa shape index (κ2) is 5.52. The van der Waals surface area contributed by atoms with E-state index >= 15 is 0 Å².